The van der Waals surface area contributed by atoms with Crippen LogP contribution >= 0.6 is 0 Å². The van der Waals surface area contributed by atoms with Crippen molar-refractivity contribution < 1.29 is 64.6 Å². The molecule has 12 atom stereocenters. The first-order valence-corrected chi connectivity index (χ1v) is 39.9. The smallest absolute Gasteiger partial charge is 0.220 e. The number of allylic oxidation sites excluding steroid dienone is 1. The summed E-state index contributed by atoms with van der Waals surface area (Å²) < 4.78 is 22.9. The molecule has 2 aliphatic heterocycles. The van der Waals surface area contributed by atoms with Crippen LogP contribution < -0.4 is 5.32 Å². The van der Waals surface area contributed by atoms with Gasteiger partial charge in [-0.2, -0.15) is 0 Å². The Morgan fingerprint density at radius 3 is 1.00 bits per heavy atom. The first-order chi connectivity index (χ1) is 45.1. The SMILES string of the molecule is CCCCCCCCCCCCCCCCCCCCCCCC/C=C/C(O)C(COC1OC(CO)C(OC2OC(CO)C(O)C(O)C2O)C(O)C1O)NC(=O)CCCCCCCCCCCCCCCCCCCCCCCCCCCCCCCCCCCC. The van der Waals surface area contributed by atoms with Crippen LogP contribution in [0.1, 0.15) is 386 Å². The van der Waals surface area contributed by atoms with E-state index in [1.54, 1.807) is 6.08 Å². The van der Waals surface area contributed by atoms with E-state index in [2.05, 4.69) is 19.2 Å². The van der Waals surface area contributed by atoms with E-state index in [0.717, 1.165) is 44.9 Å². The van der Waals surface area contributed by atoms with Crippen molar-refractivity contribution in [2.75, 3.05) is 19.8 Å². The Hall–Kier alpha value is -1.27. The fourth-order valence-corrected chi connectivity index (χ4v) is 13.7. The molecule has 2 heterocycles. The van der Waals surface area contributed by atoms with Crippen molar-refractivity contribution in [3.05, 3.63) is 12.2 Å². The van der Waals surface area contributed by atoms with Crippen LogP contribution in [0.5, 0.6) is 0 Å². The van der Waals surface area contributed by atoms with Gasteiger partial charge in [-0.05, 0) is 19.3 Å². The monoisotopic (exact) mass is 1310 g/mol. The van der Waals surface area contributed by atoms with E-state index in [4.69, 9.17) is 18.9 Å². The third-order valence-electron chi connectivity index (χ3n) is 20.0. The van der Waals surface area contributed by atoms with E-state index in [9.17, 15) is 45.6 Å². The molecular formula is C78H151NO13. The lowest BCUT2D eigenvalue weighted by Gasteiger charge is -2.46. The number of carbonyl (C=O) groups excluding carboxylic acids is 1. The molecule has 12 unspecified atom stereocenters. The van der Waals surface area contributed by atoms with Crippen molar-refractivity contribution in [1.29, 1.82) is 0 Å². The van der Waals surface area contributed by atoms with Gasteiger partial charge in [-0.1, -0.05) is 373 Å². The lowest BCUT2D eigenvalue weighted by atomic mass is 9.97. The molecule has 2 rings (SSSR count). The summed E-state index contributed by atoms with van der Waals surface area (Å²) in [5.74, 6) is -0.229. The van der Waals surface area contributed by atoms with E-state index in [1.165, 1.54) is 321 Å². The molecule has 1 amide bonds. The van der Waals surface area contributed by atoms with Crippen LogP contribution in [0, 0.1) is 0 Å². The normalized spacial score (nSPS) is 22.6. The molecular weight excluding hydrogens is 1160 g/mol. The Balaban J connectivity index is 1.60. The minimum atomic E-state index is -1.79. The number of aliphatic hydroxyl groups is 8. The minimum Gasteiger partial charge on any atom is -0.394 e. The van der Waals surface area contributed by atoms with Gasteiger partial charge in [-0.15, -0.1) is 0 Å². The summed E-state index contributed by atoms with van der Waals surface area (Å²) in [5, 5.41) is 87.6. The molecule has 9 N–H and O–H groups in total. The summed E-state index contributed by atoms with van der Waals surface area (Å²) >= 11 is 0. The van der Waals surface area contributed by atoms with Gasteiger partial charge in [0.1, 0.15) is 48.8 Å². The van der Waals surface area contributed by atoms with Crippen LogP contribution in [0.2, 0.25) is 0 Å². The van der Waals surface area contributed by atoms with Gasteiger partial charge in [0.15, 0.2) is 12.6 Å². The largest absolute Gasteiger partial charge is 0.394 e. The van der Waals surface area contributed by atoms with Gasteiger partial charge < -0.3 is 65.1 Å². The molecule has 0 aromatic rings. The predicted molar refractivity (Wildman–Crippen MR) is 379 cm³/mol. The number of unbranched alkanes of at least 4 members (excludes halogenated alkanes) is 55. The number of nitrogens with one attached hydrogen (secondary N) is 1. The Bertz CT molecular complexity index is 1590. The van der Waals surface area contributed by atoms with E-state index in [1.807, 2.05) is 6.08 Å². The number of ether oxygens (including phenoxy) is 4. The molecule has 0 bridgehead atoms. The molecule has 0 aromatic heterocycles. The number of carbonyl (C=O) groups is 1. The second kappa shape index (κ2) is 63.2. The second-order valence-electron chi connectivity index (χ2n) is 28.6. The number of hydrogen-bond acceptors (Lipinski definition) is 13. The lowest BCUT2D eigenvalue weighted by molar-refractivity contribution is -0.359. The highest BCUT2D eigenvalue weighted by Gasteiger charge is 2.51. The molecule has 2 fully saturated rings. The van der Waals surface area contributed by atoms with Gasteiger partial charge in [0.25, 0.3) is 0 Å². The summed E-state index contributed by atoms with van der Waals surface area (Å²) in [5.41, 5.74) is 0. The standard InChI is InChI=1S/C78H151NO13/c1-3-5-7-9-11-13-15-17-19-21-23-25-27-29-30-31-32-33-34-35-36-37-38-40-42-44-46-48-50-52-54-56-58-60-62-70(83)79-66(65-89-77-75(88)73(86)76(69(64-81)91-77)92-78-74(87)72(85)71(84)68(63-80)90-78)67(82)61-59-57-55-53-51-49-47-45-43-41-39-28-26-24-22-20-18-16-14-12-10-8-6-4-2/h59,61,66-69,71-78,80-82,84-88H,3-58,60,62-65H2,1-2H3,(H,79,83)/b61-59+. The Morgan fingerprint density at radius 2 is 0.674 bits per heavy atom. The van der Waals surface area contributed by atoms with Crippen LogP contribution in [-0.4, -0.2) is 140 Å². The van der Waals surface area contributed by atoms with Gasteiger partial charge in [0.05, 0.1) is 32.0 Å². The van der Waals surface area contributed by atoms with Crippen LogP contribution in [-0.2, 0) is 23.7 Å². The van der Waals surface area contributed by atoms with Gasteiger partial charge in [0, 0.05) is 6.42 Å². The van der Waals surface area contributed by atoms with E-state index in [0.29, 0.717) is 0 Å². The first kappa shape index (κ1) is 86.8. The Morgan fingerprint density at radius 1 is 0.380 bits per heavy atom. The van der Waals surface area contributed by atoms with E-state index >= 15 is 0 Å². The Labute approximate surface area is 565 Å². The molecule has 14 heteroatoms. The quantitative estimate of drug-likeness (QED) is 0.0204. The van der Waals surface area contributed by atoms with Gasteiger partial charge >= 0.3 is 0 Å². The minimum absolute atomic E-state index is 0.229. The topological polar surface area (TPSA) is 228 Å². The fourth-order valence-electron chi connectivity index (χ4n) is 13.7. The predicted octanol–water partition coefficient (Wildman–Crippen LogP) is 17.7. The van der Waals surface area contributed by atoms with Gasteiger partial charge in [0.2, 0.25) is 5.91 Å². The van der Waals surface area contributed by atoms with Gasteiger partial charge in [-0.25, -0.2) is 0 Å². The Kier molecular flexibility index (Phi) is 59.6. The third-order valence-corrected chi connectivity index (χ3v) is 20.0. The number of rotatable bonds is 68. The van der Waals surface area contributed by atoms with Crippen molar-refractivity contribution >= 4 is 5.91 Å². The summed E-state index contributed by atoms with van der Waals surface area (Å²) in [6.07, 6.45) is 63.0. The molecule has 0 saturated carbocycles. The fraction of sp³-hybridized carbons (Fsp3) is 0.962. The van der Waals surface area contributed by atoms with Crippen LogP contribution in [0.3, 0.4) is 0 Å². The average molecular weight is 1310 g/mol. The van der Waals surface area contributed by atoms with Crippen LogP contribution in [0.15, 0.2) is 12.2 Å². The lowest BCUT2D eigenvalue weighted by Crippen LogP contribution is -2.65. The zero-order chi connectivity index (χ0) is 66.6. The zero-order valence-corrected chi connectivity index (χ0v) is 59.8. The second-order valence-corrected chi connectivity index (χ2v) is 28.6. The van der Waals surface area contributed by atoms with Crippen LogP contribution in [0.4, 0.5) is 0 Å². The summed E-state index contributed by atoms with van der Waals surface area (Å²) in [7, 11) is 0. The molecule has 0 spiro atoms. The highest BCUT2D eigenvalue weighted by Crippen LogP contribution is 2.30. The molecule has 0 radical (unpaired) electrons. The van der Waals surface area contributed by atoms with Crippen molar-refractivity contribution in [3.63, 3.8) is 0 Å². The molecule has 0 aromatic carbocycles. The highest BCUT2D eigenvalue weighted by molar-refractivity contribution is 5.76. The molecule has 2 saturated heterocycles. The molecule has 14 nitrogen and oxygen atoms in total. The number of aliphatic hydroxyl groups excluding tert-OH is 8. The maximum Gasteiger partial charge on any atom is 0.220 e. The maximum absolute atomic E-state index is 13.4. The third kappa shape index (κ3) is 46.1. The molecule has 92 heavy (non-hydrogen) atoms. The zero-order valence-electron chi connectivity index (χ0n) is 59.8. The molecule has 2 aliphatic rings. The van der Waals surface area contributed by atoms with Crippen molar-refractivity contribution in [2.45, 2.75) is 460 Å². The van der Waals surface area contributed by atoms with Crippen molar-refractivity contribution in [2.24, 2.45) is 0 Å². The van der Waals surface area contributed by atoms with Crippen LogP contribution in [0.25, 0.3) is 0 Å². The van der Waals surface area contributed by atoms with E-state index < -0.39 is 86.8 Å². The molecule has 0 aliphatic carbocycles. The number of amides is 1. The van der Waals surface area contributed by atoms with E-state index in [-0.39, 0.29) is 18.9 Å². The summed E-state index contributed by atoms with van der Waals surface area (Å²) in [6, 6.07) is -0.912. The maximum atomic E-state index is 13.4. The summed E-state index contributed by atoms with van der Waals surface area (Å²) in [6.45, 7) is 2.88. The van der Waals surface area contributed by atoms with Crippen molar-refractivity contribution in [3.8, 4) is 0 Å². The highest BCUT2D eigenvalue weighted by atomic mass is 16.7. The summed E-state index contributed by atoms with van der Waals surface area (Å²) in [4.78, 5) is 13.4. The first-order valence-electron chi connectivity index (χ1n) is 39.9. The van der Waals surface area contributed by atoms with Crippen molar-refractivity contribution in [1.82, 2.24) is 5.32 Å². The molecule has 546 valence electrons. The van der Waals surface area contributed by atoms with Gasteiger partial charge in [-0.3, -0.25) is 4.79 Å². The number of hydrogen-bond donors (Lipinski definition) is 9. The average Bonchev–Trinajstić information content (AvgIpc) is 0.847.